The van der Waals surface area contributed by atoms with E-state index in [4.69, 9.17) is 9.47 Å². The number of hydrogen-bond acceptors (Lipinski definition) is 3. The molecule has 2 aliphatic rings. The summed E-state index contributed by atoms with van der Waals surface area (Å²) in [6.45, 7) is 2.23. The van der Waals surface area contributed by atoms with Gasteiger partial charge in [-0.2, -0.15) is 0 Å². The summed E-state index contributed by atoms with van der Waals surface area (Å²) in [5.41, 5.74) is 6.51. The number of rotatable bonds is 3. The number of ether oxygens (including phenoxy) is 2. The van der Waals surface area contributed by atoms with Crippen LogP contribution in [0.2, 0.25) is 0 Å². The maximum absolute atomic E-state index is 5.68. The van der Waals surface area contributed by atoms with Crippen LogP contribution >= 0.6 is 0 Å². The van der Waals surface area contributed by atoms with Gasteiger partial charge in [-0.3, -0.25) is 4.90 Å². The second kappa shape index (κ2) is 6.68. The first-order valence-electron chi connectivity index (χ1n) is 10.1. The smallest absolute Gasteiger partial charge is 0.231 e. The monoisotopic (exact) mass is 382 g/mol. The van der Waals surface area contributed by atoms with Gasteiger partial charge in [-0.25, -0.2) is 0 Å². The first-order chi connectivity index (χ1) is 14.4. The van der Waals surface area contributed by atoms with Crippen LogP contribution in [0.3, 0.4) is 0 Å². The van der Waals surface area contributed by atoms with Crippen molar-refractivity contribution in [1.29, 1.82) is 0 Å². The SMILES string of the molecule is c1ccc(CN2CCc3c([nH]c4ccccc34)[C@@H]2c2ccc3c(c2)OCO3)cc1. The average molecular weight is 382 g/mol. The molecular formula is C25H22N2O2. The lowest BCUT2D eigenvalue weighted by Crippen LogP contribution is -2.35. The lowest BCUT2D eigenvalue weighted by molar-refractivity contribution is 0.173. The molecule has 0 bridgehead atoms. The number of nitrogens with zero attached hydrogens (tertiary/aromatic N) is 1. The molecule has 4 heteroatoms. The van der Waals surface area contributed by atoms with Crippen molar-refractivity contribution in [3.8, 4) is 11.5 Å². The minimum absolute atomic E-state index is 0.154. The van der Waals surface area contributed by atoms with E-state index in [0.29, 0.717) is 6.79 Å². The predicted octanol–water partition coefficient (Wildman–Crippen LogP) is 5.04. The fraction of sp³-hybridized carbons (Fsp3) is 0.200. The van der Waals surface area contributed by atoms with Gasteiger partial charge >= 0.3 is 0 Å². The molecule has 4 nitrogen and oxygen atoms in total. The number of aromatic amines is 1. The molecule has 0 radical (unpaired) electrons. The Hall–Kier alpha value is -3.24. The Kier molecular flexibility index (Phi) is 3.84. The van der Waals surface area contributed by atoms with E-state index in [1.807, 2.05) is 6.07 Å². The van der Waals surface area contributed by atoms with Crippen LogP contribution < -0.4 is 9.47 Å². The van der Waals surface area contributed by atoms with Gasteiger partial charge in [0.25, 0.3) is 0 Å². The molecule has 3 aromatic carbocycles. The van der Waals surface area contributed by atoms with Gasteiger partial charge in [0.15, 0.2) is 11.5 Å². The number of benzene rings is 3. The van der Waals surface area contributed by atoms with Crippen LogP contribution in [0.5, 0.6) is 11.5 Å². The van der Waals surface area contributed by atoms with Crippen LogP contribution in [0.1, 0.15) is 28.4 Å². The Morgan fingerprint density at radius 1 is 0.897 bits per heavy atom. The second-order valence-electron chi connectivity index (χ2n) is 7.78. The third-order valence-electron chi connectivity index (χ3n) is 6.08. The number of fused-ring (bicyclic) bond motifs is 4. The summed E-state index contributed by atoms with van der Waals surface area (Å²) in [6.07, 6.45) is 1.05. The fourth-order valence-electron chi connectivity index (χ4n) is 4.74. The zero-order valence-electron chi connectivity index (χ0n) is 16.1. The van der Waals surface area contributed by atoms with E-state index in [1.54, 1.807) is 0 Å². The largest absolute Gasteiger partial charge is 0.454 e. The highest BCUT2D eigenvalue weighted by Crippen LogP contribution is 2.42. The molecule has 3 heterocycles. The summed E-state index contributed by atoms with van der Waals surface area (Å²) in [4.78, 5) is 6.29. The summed E-state index contributed by atoms with van der Waals surface area (Å²) in [7, 11) is 0. The van der Waals surface area contributed by atoms with E-state index < -0.39 is 0 Å². The highest BCUT2D eigenvalue weighted by Gasteiger charge is 2.32. The number of para-hydroxylation sites is 1. The van der Waals surface area contributed by atoms with Gasteiger partial charge in [0.1, 0.15) is 0 Å². The van der Waals surface area contributed by atoms with Crippen LogP contribution in [0, 0.1) is 0 Å². The summed E-state index contributed by atoms with van der Waals surface area (Å²) in [5, 5.41) is 1.34. The summed E-state index contributed by atoms with van der Waals surface area (Å²) in [5.74, 6) is 1.67. The fourth-order valence-corrected chi connectivity index (χ4v) is 4.74. The van der Waals surface area contributed by atoms with Crippen LogP contribution in [-0.4, -0.2) is 23.2 Å². The van der Waals surface area contributed by atoms with Crippen LogP contribution in [0.15, 0.2) is 72.8 Å². The van der Waals surface area contributed by atoms with E-state index in [0.717, 1.165) is 31.0 Å². The Bertz CT molecular complexity index is 1180. The molecule has 1 N–H and O–H groups in total. The summed E-state index contributed by atoms with van der Waals surface area (Å²) >= 11 is 0. The first-order valence-corrected chi connectivity index (χ1v) is 10.1. The molecule has 0 amide bonds. The van der Waals surface area contributed by atoms with Gasteiger partial charge < -0.3 is 14.5 Å². The summed E-state index contributed by atoms with van der Waals surface area (Å²) < 4.78 is 11.2. The lowest BCUT2D eigenvalue weighted by Gasteiger charge is -2.36. The second-order valence-corrected chi connectivity index (χ2v) is 7.78. The van der Waals surface area contributed by atoms with Gasteiger partial charge in [0.05, 0.1) is 6.04 Å². The van der Waals surface area contributed by atoms with Crippen molar-refractivity contribution in [2.45, 2.75) is 19.0 Å². The number of hydrogen-bond donors (Lipinski definition) is 1. The highest BCUT2D eigenvalue weighted by atomic mass is 16.7. The number of aromatic nitrogens is 1. The minimum Gasteiger partial charge on any atom is -0.454 e. The van der Waals surface area contributed by atoms with Crippen molar-refractivity contribution >= 4 is 10.9 Å². The molecule has 29 heavy (non-hydrogen) atoms. The zero-order chi connectivity index (χ0) is 19.2. The van der Waals surface area contributed by atoms with Gasteiger partial charge in [0, 0.05) is 29.7 Å². The third kappa shape index (κ3) is 2.79. The van der Waals surface area contributed by atoms with Gasteiger partial charge in [-0.15, -0.1) is 0 Å². The Morgan fingerprint density at radius 2 is 1.72 bits per heavy atom. The maximum atomic E-state index is 5.68. The molecule has 2 aliphatic heterocycles. The Balaban J connectivity index is 1.48. The summed E-state index contributed by atoms with van der Waals surface area (Å²) in [6, 6.07) is 25.9. The average Bonchev–Trinajstić information content (AvgIpc) is 3.38. The van der Waals surface area contributed by atoms with E-state index >= 15 is 0 Å². The Labute approximate surface area is 169 Å². The molecule has 4 aromatic rings. The molecule has 144 valence electrons. The maximum Gasteiger partial charge on any atom is 0.231 e. The molecule has 0 fully saturated rings. The Morgan fingerprint density at radius 3 is 2.66 bits per heavy atom. The van der Waals surface area contributed by atoms with Crippen molar-refractivity contribution in [2.24, 2.45) is 0 Å². The molecule has 0 unspecified atom stereocenters. The topological polar surface area (TPSA) is 37.5 Å². The standard InChI is InChI=1S/C25H22N2O2/c1-2-6-17(7-3-1)15-27-13-12-20-19-8-4-5-9-21(19)26-24(20)25(27)18-10-11-22-23(14-18)29-16-28-22/h1-11,14,25-26H,12-13,15-16H2/t25-/m0/s1. The van der Waals surface area contributed by atoms with Gasteiger partial charge in [-0.1, -0.05) is 54.6 Å². The molecule has 0 saturated carbocycles. The van der Waals surface area contributed by atoms with Crippen molar-refractivity contribution < 1.29 is 9.47 Å². The molecular weight excluding hydrogens is 360 g/mol. The predicted molar refractivity (Wildman–Crippen MR) is 113 cm³/mol. The van der Waals surface area contributed by atoms with Gasteiger partial charge in [-0.05, 0) is 41.3 Å². The van der Waals surface area contributed by atoms with Crippen LogP contribution in [0.25, 0.3) is 10.9 Å². The van der Waals surface area contributed by atoms with E-state index in [-0.39, 0.29) is 6.04 Å². The van der Waals surface area contributed by atoms with E-state index in [9.17, 15) is 0 Å². The van der Waals surface area contributed by atoms with Crippen molar-refractivity contribution in [2.75, 3.05) is 13.3 Å². The zero-order valence-corrected chi connectivity index (χ0v) is 16.1. The minimum atomic E-state index is 0.154. The van der Waals surface area contributed by atoms with Gasteiger partial charge in [0.2, 0.25) is 6.79 Å². The third-order valence-corrected chi connectivity index (χ3v) is 6.08. The van der Waals surface area contributed by atoms with E-state index in [1.165, 1.54) is 33.3 Å². The van der Waals surface area contributed by atoms with E-state index in [2.05, 4.69) is 76.6 Å². The lowest BCUT2D eigenvalue weighted by atomic mass is 9.91. The van der Waals surface area contributed by atoms with Crippen molar-refractivity contribution in [3.05, 3.63) is 95.2 Å². The molecule has 0 aliphatic carbocycles. The normalized spacial score (nSPS) is 18.1. The molecule has 0 spiro atoms. The molecule has 1 atom stereocenters. The van der Waals surface area contributed by atoms with Crippen LogP contribution in [-0.2, 0) is 13.0 Å². The van der Waals surface area contributed by atoms with Crippen LogP contribution in [0.4, 0.5) is 0 Å². The number of H-pyrrole nitrogens is 1. The van der Waals surface area contributed by atoms with Crippen molar-refractivity contribution in [1.82, 2.24) is 9.88 Å². The quantitative estimate of drug-likeness (QED) is 0.539. The first kappa shape index (κ1) is 16.7. The number of nitrogens with one attached hydrogen (secondary N) is 1. The highest BCUT2D eigenvalue weighted by molar-refractivity contribution is 5.85. The molecule has 1 aromatic heterocycles. The van der Waals surface area contributed by atoms with Crippen molar-refractivity contribution in [3.63, 3.8) is 0 Å². The molecule has 6 rings (SSSR count). The molecule has 0 saturated heterocycles.